The Morgan fingerprint density at radius 1 is 1.09 bits per heavy atom. The van der Waals surface area contributed by atoms with Gasteiger partial charge in [0.05, 0.1) is 0 Å². The number of nitrogens with zero attached hydrogens (tertiary/aromatic N) is 2. The molecule has 2 aromatic rings. The maximum atomic E-state index is 11.3. The van der Waals surface area contributed by atoms with Crippen molar-refractivity contribution in [2.24, 2.45) is 0 Å². The van der Waals surface area contributed by atoms with Gasteiger partial charge in [0, 0.05) is 11.5 Å². The summed E-state index contributed by atoms with van der Waals surface area (Å²) in [5, 5.41) is 8.15. The van der Waals surface area contributed by atoms with Crippen LogP contribution in [-0.4, -0.2) is 20.5 Å². The molecule has 0 aliphatic rings. The summed E-state index contributed by atoms with van der Waals surface area (Å²) in [5.74, 6) is 1.46. The second-order valence-corrected chi connectivity index (χ2v) is 10.2. The van der Waals surface area contributed by atoms with Crippen LogP contribution in [0.25, 0.3) is 0 Å². The van der Waals surface area contributed by atoms with Crippen LogP contribution in [0.15, 0.2) is 39.0 Å². The van der Waals surface area contributed by atoms with E-state index in [1.165, 1.54) is 37.0 Å². The van der Waals surface area contributed by atoms with E-state index in [-0.39, 0.29) is 0 Å². The Balaban J connectivity index is 2.06. The average molecular weight is 357 g/mol. The minimum Gasteiger partial charge on any atom is -0.345 e. The molecule has 1 unspecified atom stereocenters. The van der Waals surface area contributed by atoms with Gasteiger partial charge in [-0.3, -0.25) is 0 Å². The smallest absolute Gasteiger partial charge is 0.180 e. The molecular weight excluding hydrogens is 332 g/mol. The fourth-order valence-corrected chi connectivity index (χ4v) is 6.53. The van der Waals surface area contributed by atoms with Crippen molar-refractivity contribution in [3.63, 3.8) is 0 Å². The largest absolute Gasteiger partial charge is 0.345 e. The van der Waals surface area contributed by atoms with E-state index in [1.54, 1.807) is 0 Å². The van der Waals surface area contributed by atoms with E-state index < -0.39 is 10.3 Å². The maximum Gasteiger partial charge on any atom is 0.180 e. The van der Waals surface area contributed by atoms with Gasteiger partial charge in [-0.2, -0.15) is 0 Å². The zero-order chi connectivity index (χ0) is 15.8. The van der Waals surface area contributed by atoms with E-state index in [2.05, 4.69) is 41.9 Å². The van der Waals surface area contributed by atoms with Gasteiger partial charge < -0.3 is 4.55 Å². The van der Waals surface area contributed by atoms with Gasteiger partial charge in [-0.1, -0.05) is 84.6 Å². The van der Waals surface area contributed by atoms with Gasteiger partial charge >= 0.3 is 0 Å². The summed E-state index contributed by atoms with van der Waals surface area (Å²) in [6, 6.07) is 10.2. The highest BCUT2D eigenvalue weighted by Crippen LogP contribution is 2.56. The van der Waals surface area contributed by atoms with Crippen LogP contribution in [0.2, 0.25) is 0 Å². The first-order valence-electron chi connectivity index (χ1n) is 7.71. The van der Waals surface area contributed by atoms with Gasteiger partial charge in [-0.05, 0) is 12.0 Å². The molecule has 0 saturated carbocycles. The van der Waals surface area contributed by atoms with Crippen LogP contribution in [0, 0.1) is 0 Å². The van der Waals surface area contributed by atoms with Gasteiger partial charge in [0.2, 0.25) is 0 Å². The molecule has 1 aromatic carbocycles. The first-order valence-corrected chi connectivity index (χ1v) is 10.9. The first kappa shape index (κ1) is 17.8. The molecule has 1 atom stereocenters. The van der Waals surface area contributed by atoms with Crippen LogP contribution in [0.3, 0.4) is 0 Å². The van der Waals surface area contributed by atoms with Crippen LogP contribution in [0.4, 0.5) is 0 Å². The number of benzene rings is 1. The molecule has 1 N–H and O–H groups in total. The summed E-state index contributed by atoms with van der Waals surface area (Å²) in [7, 11) is -1.94. The van der Waals surface area contributed by atoms with Crippen LogP contribution in [-0.2, 0) is 5.75 Å². The third kappa shape index (κ3) is 5.26. The quantitative estimate of drug-likeness (QED) is 0.452. The van der Waals surface area contributed by atoms with Crippen molar-refractivity contribution in [1.29, 1.82) is 0 Å². The molecule has 0 saturated heterocycles. The van der Waals surface area contributed by atoms with Gasteiger partial charge in [-0.25, -0.2) is 0 Å². The summed E-state index contributed by atoms with van der Waals surface area (Å²) < 4.78 is 12.6. The molecule has 0 aliphatic carbocycles. The van der Waals surface area contributed by atoms with Crippen molar-refractivity contribution in [2.75, 3.05) is 5.75 Å². The van der Waals surface area contributed by atoms with Crippen LogP contribution in [0.1, 0.15) is 44.6 Å². The number of hydrogen-bond acceptors (Lipinski definition) is 5. The van der Waals surface area contributed by atoms with Crippen molar-refractivity contribution in [2.45, 2.75) is 53.5 Å². The highest BCUT2D eigenvalue weighted by molar-refractivity contribution is 8.29. The van der Waals surface area contributed by atoms with Gasteiger partial charge in [0.1, 0.15) is 0 Å². The van der Waals surface area contributed by atoms with Crippen LogP contribution < -0.4 is 0 Å². The molecule has 0 amide bonds. The average Bonchev–Trinajstić information content (AvgIpc) is 2.95. The first-order chi connectivity index (χ1) is 10.6. The molecule has 0 aliphatic heterocycles. The second kappa shape index (κ2) is 8.91. The molecule has 0 spiro atoms. The second-order valence-electron chi connectivity index (χ2n) is 5.44. The number of unbranched alkanes of at least 4 members (excludes halogenated alkanes) is 4. The zero-order valence-corrected chi connectivity index (χ0v) is 15.5. The van der Waals surface area contributed by atoms with E-state index in [1.807, 2.05) is 18.2 Å². The highest BCUT2D eigenvalue weighted by atomic mass is 32.3. The van der Waals surface area contributed by atoms with Crippen LogP contribution >= 0.6 is 34.3 Å². The zero-order valence-electron chi connectivity index (χ0n) is 12.9. The summed E-state index contributed by atoms with van der Waals surface area (Å²) in [4.78, 5) is 0. The van der Waals surface area contributed by atoms with Crippen molar-refractivity contribution in [3.8, 4) is 0 Å². The lowest BCUT2D eigenvalue weighted by atomic mass is 10.2. The molecule has 6 heteroatoms. The Kier molecular flexibility index (Phi) is 7.21. The normalized spacial score (nSPS) is 15.4. The van der Waals surface area contributed by atoms with Crippen molar-refractivity contribution in [1.82, 2.24) is 10.2 Å². The molecule has 122 valence electrons. The summed E-state index contributed by atoms with van der Waals surface area (Å²) in [6.45, 7) is 2.21. The fraction of sp³-hybridized carbons (Fsp3) is 0.500. The lowest BCUT2D eigenvalue weighted by Crippen LogP contribution is -2.08. The summed E-state index contributed by atoms with van der Waals surface area (Å²) in [5.41, 5.74) is 1.16. The van der Waals surface area contributed by atoms with Gasteiger partial charge in [-0.15, -0.1) is 22.8 Å². The number of rotatable bonds is 9. The lowest BCUT2D eigenvalue weighted by molar-refractivity contribution is 0.604. The Morgan fingerprint density at radius 3 is 2.45 bits per heavy atom. The molecular formula is C16H24N2OS3. The van der Waals surface area contributed by atoms with Crippen molar-refractivity contribution < 1.29 is 4.55 Å². The van der Waals surface area contributed by atoms with Gasteiger partial charge in [0.25, 0.3) is 0 Å². The molecule has 1 aromatic heterocycles. The monoisotopic (exact) mass is 356 g/mol. The van der Waals surface area contributed by atoms with Crippen molar-refractivity contribution in [3.05, 3.63) is 35.9 Å². The highest BCUT2D eigenvalue weighted by Gasteiger charge is 2.27. The Hall–Kier alpha value is -0.560. The Bertz CT molecular complexity index is 562. The maximum absolute atomic E-state index is 11.3. The number of thiol groups is 1. The van der Waals surface area contributed by atoms with E-state index in [0.29, 0.717) is 10.1 Å². The number of aromatic nitrogens is 2. The van der Waals surface area contributed by atoms with E-state index >= 15 is 0 Å². The topological polar surface area (TPSA) is 46.0 Å². The molecule has 22 heavy (non-hydrogen) atoms. The van der Waals surface area contributed by atoms with E-state index in [0.717, 1.165) is 22.1 Å². The van der Waals surface area contributed by atoms with Crippen LogP contribution in [0.5, 0.6) is 0 Å². The minimum atomic E-state index is -1.94. The minimum absolute atomic E-state index is 0.625. The molecule has 0 radical (unpaired) electrons. The van der Waals surface area contributed by atoms with Gasteiger partial charge in [0.15, 0.2) is 8.68 Å². The molecule has 2 rings (SSSR count). The standard InChI is InChI=1S/C16H24N2OS3/c1-2-3-4-5-9-12-22(19,16-18-17-15(20)21-16)13-14-10-7-6-8-11-14/h6-8,10-11,19H,2-5,9,12-13H2,1H3,(H,17,20). The lowest BCUT2D eigenvalue weighted by Gasteiger charge is -2.31. The van der Waals surface area contributed by atoms with Crippen molar-refractivity contribution >= 4 is 34.3 Å². The molecule has 0 bridgehead atoms. The predicted molar refractivity (Wildman–Crippen MR) is 99.4 cm³/mol. The SMILES string of the molecule is CCCCCCCS(O)(Cc1ccccc1)c1nnc(S)s1. The van der Waals surface area contributed by atoms with E-state index in [9.17, 15) is 4.55 Å². The Labute approximate surface area is 144 Å². The number of hydrogen-bond donors (Lipinski definition) is 2. The summed E-state index contributed by atoms with van der Waals surface area (Å²) >= 11 is 5.66. The predicted octanol–water partition coefficient (Wildman–Crippen LogP) is 5.63. The Morgan fingerprint density at radius 2 is 1.82 bits per heavy atom. The molecule has 0 fully saturated rings. The third-order valence-corrected chi connectivity index (χ3v) is 8.13. The van der Waals surface area contributed by atoms with E-state index in [4.69, 9.17) is 0 Å². The fourth-order valence-electron chi connectivity index (χ4n) is 2.37. The molecule has 1 heterocycles. The third-order valence-electron chi connectivity index (χ3n) is 3.55. The summed E-state index contributed by atoms with van der Waals surface area (Å²) in [6.07, 6.45) is 5.96. The molecule has 3 nitrogen and oxygen atoms in total.